The number of fused-ring (bicyclic) bond motifs is 1. The van der Waals surface area contributed by atoms with Gasteiger partial charge in [-0.25, -0.2) is 28.6 Å². The van der Waals surface area contributed by atoms with E-state index in [0.717, 1.165) is 73.9 Å². The standard InChI is InChI=1S/C44H74N7O17P3S/c1-4-5-6-7-8-9-10-11-12-13-14-15-16-17-18-19-20-21-22-23-24-35(53)72-28-27-46-34(52)25-26-47-42(56)39(55)44(2,3)30-65-71(62,63)68-70(60,61)64-29-33-38(67-69(57,58)59)37(54)43(66-33)51-32-50-36-40(45)48-31-49-41(36)51/h6-7,9-10,12-13,31-33,37-39,43,54-55H,4-5,8,11,14-30H2,1-3H3,(H,46,52)(H,47,56)(H,60,61)(H,62,63)(H2,45,48,49)(H2,57,58,59)/b7-6+,10-9+,13-12+. The molecule has 1 aliphatic heterocycles. The number of nitrogens with zero attached hydrogens (tertiary/aromatic N) is 4. The van der Waals surface area contributed by atoms with E-state index in [2.05, 4.69) is 77.8 Å². The third-order valence-corrected chi connectivity index (χ3v) is 15.1. The van der Waals surface area contributed by atoms with Crippen molar-refractivity contribution < 1.29 is 80.5 Å². The summed E-state index contributed by atoms with van der Waals surface area (Å²) < 4.78 is 62.5. The largest absolute Gasteiger partial charge is 0.481 e. The van der Waals surface area contributed by atoms with Crippen molar-refractivity contribution in [3.63, 3.8) is 0 Å². The molecule has 2 aromatic heterocycles. The monoisotopic (exact) mass is 1100 g/mol. The van der Waals surface area contributed by atoms with Crippen LogP contribution in [0, 0.1) is 5.41 Å². The molecule has 2 aromatic rings. The molecule has 0 spiro atoms. The number of thioether (sulfide) groups is 1. The lowest BCUT2D eigenvalue weighted by atomic mass is 9.87. The smallest absolute Gasteiger partial charge is 0.386 e. The average Bonchev–Trinajstić information content (AvgIpc) is 3.87. The van der Waals surface area contributed by atoms with Crippen molar-refractivity contribution in [2.24, 2.45) is 5.41 Å². The number of nitrogen functional groups attached to an aromatic ring is 1. The Hall–Kier alpha value is -3.22. The Kier molecular flexibility index (Phi) is 28.3. The Balaban J connectivity index is 1.25. The van der Waals surface area contributed by atoms with Crippen molar-refractivity contribution in [1.82, 2.24) is 30.2 Å². The Labute approximate surface area is 424 Å². The van der Waals surface area contributed by atoms with Crippen LogP contribution in [0.3, 0.4) is 0 Å². The molecule has 10 N–H and O–H groups in total. The van der Waals surface area contributed by atoms with Gasteiger partial charge in [-0.2, -0.15) is 4.31 Å². The van der Waals surface area contributed by atoms with Crippen molar-refractivity contribution in [2.45, 2.75) is 154 Å². The van der Waals surface area contributed by atoms with Gasteiger partial charge in [0.25, 0.3) is 0 Å². The van der Waals surface area contributed by atoms with Crippen molar-refractivity contribution in [1.29, 1.82) is 0 Å². The van der Waals surface area contributed by atoms with Gasteiger partial charge in [0.2, 0.25) is 11.8 Å². The minimum Gasteiger partial charge on any atom is -0.386 e. The lowest BCUT2D eigenvalue weighted by Crippen LogP contribution is -2.46. The van der Waals surface area contributed by atoms with Crippen molar-refractivity contribution in [2.75, 3.05) is 37.8 Å². The summed E-state index contributed by atoms with van der Waals surface area (Å²) in [5.41, 5.74) is 4.29. The molecule has 0 aromatic carbocycles. The van der Waals surface area contributed by atoms with Crippen LogP contribution in [-0.4, -0.2) is 123 Å². The molecule has 72 heavy (non-hydrogen) atoms. The molecule has 2 amide bonds. The van der Waals surface area contributed by atoms with E-state index in [1.807, 2.05) is 0 Å². The van der Waals surface area contributed by atoms with Crippen LogP contribution in [-0.2, 0) is 50.7 Å². The van der Waals surface area contributed by atoms with Gasteiger partial charge in [0.15, 0.2) is 22.8 Å². The number of nitrogens with two attached hydrogens (primary N) is 1. The number of phosphoric acid groups is 3. The highest BCUT2D eigenvalue weighted by molar-refractivity contribution is 8.13. The van der Waals surface area contributed by atoms with E-state index in [0.29, 0.717) is 12.2 Å². The van der Waals surface area contributed by atoms with Crippen LogP contribution in [0.15, 0.2) is 49.1 Å². The van der Waals surface area contributed by atoms with Gasteiger partial charge in [0.05, 0.1) is 19.5 Å². The zero-order chi connectivity index (χ0) is 53.2. The van der Waals surface area contributed by atoms with Crippen molar-refractivity contribution in [3.8, 4) is 0 Å². The number of nitrogens with one attached hydrogen (secondary N) is 2. The molecule has 7 unspecified atom stereocenters. The number of rotatable bonds is 37. The average molecular weight is 1100 g/mol. The molecule has 3 heterocycles. The maximum absolute atomic E-state index is 12.8. The second kappa shape index (κ2) is 32.3. The van der Waals surface area contributed by atoms with E-state index in [4.69, 9.17) is 19.5 Å². The first kappa shape index (κ1) is 63.1. The van der Waals surface area contributed by atoms with E-state index >= 15 is 0 Å². The lowest BCUT2D eigenvalue weighted by molar-refractivity contribution is -0.137. The van der Waals surface area contributed by atoms with Crippen LogP contribution >= 0.6 is 35.2 Å². The van der Waals surface area contributed by atoms with E-state index in [1.54, 1.807) is 0 Å². The fourth-order valence-corrected chi connectivity index (χ4v) is 10.6. The fraction of sp³-hybridized carbons (Fsp3) is 0.682. The van der Waals surface area contributed by atoms with E-state index in [-0.39, 0.29) is 41.6 Å². The number of anilines is 1. The second-order valence-corrected chi connectivity index (χ2v) is 23.1. The number of ether oxygens (including phenoxy) is 1. The maximum atomic E-state index is 12.8. The molecule has 24 nitrogen and oxygen atoms in total. The molecule has 1 fully saturated rings. The number of imidazole rings is 1. The number of aliphatic hydroxyl groups excluding tert-OH is 2. The molecule has 1 aliphatic rings. The molecule has 0 aliphatic carbocycles. The van der Waals surface area contributed by atoms with Crippen molar-refractivity contribution in [3.05, 3.63) is 49.1 Å². The molecule has 0 bridgehead atoms. The molecule has 0 saturated carbocycles. The number of hydrogen-bond donors (Lipinski definition) is 9. The Morgan fingerprint density at radius 3 is 2.11 bits per heavy atom. The number of carbonyl (C=O) groups excluding carboxylic acids is 3. The number of unbranched alkanes of at least 4 members (excludes halogenated alkanes) is 10. The highest BCUT2D eigenvalue weighted by Crippen LogP contribution is 2.61. The maximum Gasteiger partial charge on any atom is 0.481 e. The number of amides is 2. The summed E-state index contributed by atoms with van der Waals surface area (Å²) in [6.07, 6.45) is 22.7. The van der Waals surface area contributed by atoms with Crippen LogP contribution in [0.4, 0.5) is 5.82 Å². The summed E-state index contributed by atoms with van der Waals surface area (Å²) in [5, 5.41) is 26.7. The zero-order valence-corrected chi connectivity index (χ0v) is 44.6. The van der Waals surface area contributed by atoms with Crippen LogP contribution < -0.4 is 16.4 Å². The molecule has 3 rings (SSSR count). The second-order valence-electron chi connectivity index (χ2n) is 17.7. The van der Waals surface area contributed by atoms with Crippen LogP contribution in [0.5, 0.6) is 0 Å². The number of hydrogen-bond acceptors (Lipinski definition) is 18. The van der Waals surface area contributed by atoms with Crippen molar-refractivity contribution >= 4 is 69.1 Å². The van der Waals surface area contributed by atoms with Crippen LogP contribution in [0.1, 0.15) is 130 Å². The number of carbonyl (C=O) groups is 3. The van der Waals surface area contributed by atoms with Gasteiger partial charge in [-0.15, -0.1) is 0 Å². The summed E-state index contributed by atoms with van der Waals surface area (Å²) in [6.45, 7) is 2.74. The number of aliphatic hydroxyl groups is 2. The highest BCUT2D eigenvalue weighted by atomic mass is 32.2. The highest BCUT2D eigenvalue weighted by Gasteiger charge is 2.50. The molecular weight excluding hydrogens is 1020 g/mol. The minimum absolute atomic E-state index is 0.0326. The Morgan fingerprint density at radius 2 is 1.46 bits per heavy atom. The summed E-state index contributed by atoms with van der Waals surface area (Å²) in [5.74, 6) is -1.04. The van der Waals surface area contributed by atoms with Gasteiger partial charge < -0.3 is 50.9 Å². The van der Waals surface area contributed by atoms with Crippen LogP contribution in [0.2, 0.25) is 0 Å². The van der Waals surface area contributed by atoms with Crippen LogP contribution in [0.25, 0.3) is 11.2 Å². The quantitative estimate of drug-likeness (QED) is 0.0206. The Morgan fingerprint density at radius 1 is 0.847 bits per heavy atom. The predicted molar refractivity (Wildman–Crippen MR) is 269 cm³/mol. The van der Waals surface area contributed by atoms with Gasteiger partial charge in [0, 0.05) is 37.1 Å². The summed E-state index contributed by atoms with van der Waals surface area (Å²) >= 11 is 1.15. The minimum atomic E-state index is -5.58. The molecule has 0 radical (unpaired) electrons. The van der Waals surface area contributed by atoms with E-state index in [1.165, 1.54) is 58.8 Å². The normalized spacial score (nSPS) is 19.8. The Bertz CT molecular complexity index is 2230. The predicted octanol–water partition coefficient (Wildman–Crippen LogP) is 6.20. The number of phosphoric ester groups is 3. The first-order valence-corrected chi connectivity index (χ1v) is 29.6. The first-order valence-electron chi connectivity index (χ1n) is 24.1. The lowest BCUT2D eigenvalue weighted by Gasteiger charge is -2.30. The molecule has 7 atom stereocenters. The summed E-state index contributed by atoms with van der Waals surface area (Å²) in [4.78, 5) is 88.5. The molecule has 28 heteroatoms. The third kappa shape index (κ3) is 24.4. The molecule has 1 saturated heterocycles. The first-order chi connectivity index (χ1) is 34.1. The van der Waals surface area contributed by atoms with Gasteiger partial charge in [-0.3, -0.25) is 32.5 Å². The topological polar surface area (TPSA) is 364 Å². The van der Waals surface area contributed by atoms with Gasteiger partial charge >= 0.3 is 23.5 Å². The number of allylic oxidation sites excluding steroid dienone is 6. The molecule has 408 valence electrons. The van der Waals surface area contributed by atoms with Gasteiger partial charge in [-0.1, -0.05) is 120 Å². The van der Waals surface area contributed by atoms with E-state index < -0.39 is 84.6 Å². The summed E-state index contributed by atoms with van der Waals surface area (Å²) in [6, 6.07) is 0. The number of aromatic nitrogens is 4. The zero-order valence-electron chi connectivity index (χ0n) is 41.1. The van der Waals surface area contributed by atoms with E-state index in [9.17, 15) is 57.9 Å². The summed E-state index contributed by atoms with van der Waals surface area (Å²) in [7, 11) is -16.4. The molecular formula is C44H74N7O17P3S. The van der Waals surface area contributed by atoms with Gasteiger partial charge in [0.1, 0.15) is 36.3 Å². The SMILES string of the molecule is CCC/C=C/C/C=C/C/C=C/CCCCCCCCCCCC(=O)SCCNC(=O)CCNC(=O)C(O)C(C)(C)COP(=O)(O)OP(=O)(O)OCC1OC(n2cnc3c(N)ncnc32)C(O)C1OP(=O)(O)O. The third-order valence-electron chi connectivity index (χ3n) is 11.0. The fourth-order valence-electron chi connectivity index (χ4n) is 7.08. The van der Waals surface area contributed by atoms with Gasteiger partial charge in [-0.05, 0) is 38.5 Å².